The SMILES string of the molecule is O=C(NC1CC2CCC1O2)C1CCCN1c1ncnc2sccc12. The Balaban J connectivity index is 1.37. The molecule has 0 aliphatic carbocycles. The molecule has 3 aliphatic heterocycles. The fourth-order valence-corrected chi connectivity index (χ4v) is 5.09. The van der Waals surface area contributed by atoms with Gasteiger partial charge in [-0.3, -0.25) is 4.79 Å². The van der Waals surface area contributed by atoms with E-state index in [1.165, 1.54) is 0 Å². The topological polar surface area (TPSA) is 67.3 Å². The number of ether oxygens (including phenoxy) is 1. The van der Waals surface area contributed by atoms with Gasteiger partial charge in [0.05, 0.1) is 23.6 Å². The van der Waals surface area contributed by atoms with Gasteiger partial charge in [0.2, 0.25) is 5.91 Å². The molecule has 0 saturated carbocycles. The van der Waals surface area contributed by atoms with E-state index in [4.69, 9.17) is 4.74 Å². The van der Waals surface area contributed by atoms with Crippen molar-refractivity contribution in [1.82, 2.24) is 15.3 Å². The number of anilines is 1. The van der Waals surface area contributed by atoms with Gasteiger partial charge >= 0.3 is 0 Å². The lowest BCUT2D eigenvalue weighted by molar-refractivity contribution is -0.123. The molecule has 5 heterocycles. The Bertz CT molecular complexity index is 779. The molecular weight excluding hydrogens is 324 g/mol. The molecule has 1 N–H and O–H groups in total. The number of aromatic nitrogens is 2. The van der Waals surface area contributed by atoms with E-state index in [2.05, 4.69) is 20.2 Å². The Labute approximate surface area is 144 Å². The van der Waals surface area contributed by atoms with E-state index in [-0.39, 0.29) is 24.1 Å². The first kappa shape index (κ1) is 14.6. The standard InChI is InChI=1S/C17H20N4O2S/c22-16(20-12-8-10-3-4-14(12)23-10)13-2-1-6-21(13)15-11-5-7-24-17(11)19-9-18-15/h5,7,9-10,12-14H,1-4,6,8H2,(H,20,22). The van der Waals surface area contributed by atoms with Gasteiger partial charge in [0.1, 0.15) is 23.0 Å². The number of nitrogens with zero attached hydrogens (tertiary/aromatic N) is 3. The lowest BCUT2D eigenvalue weighted by atomic mass is 9.95. The Hall–Kier alpha value is -1.73. The van der Waals surface area contributed by atoms with Crippen LogP contribution in [0.4, 0.5) is 5.82 Å². The van der Waals surface area contributed by atoms with Gasteiger partial charge in [0.25, 0.3) is 0 Å². The maximum absolute atomic E-state index is 12.9. The maximum Gasteiger partial charge on any atom is 0.243 e. The molecule has 4 atom stereocenters. The predicted molar refractivity (Wildman–Crippen MR) is 92.2 cm³/mol. The molecule has 7 heteroatoms. The van der Waals surface area contributed by atoms with Crippen molar-refractivity contribution in [3.05, 3.63) is 17.8 Å². The van der Waals surface area contributed by atoms with Gasteiger partial charge in [0.15, 0.2) is 0 Å². The zero-order valence-corrected chi connectivity index (χ0v) is 14.2. The average Bonchev–Trinajstić information content (AvgIpc) is 3.36. The first-order chi connectivity index (χ1) is 11.8. The van der Waals surface area contributed by atoms with Crippen molar-refractivity contribution in [3.8, 4) is 0 Å². The second-order valence-corrected chi connectivity index (χ2v) is 7.81. The highest BCUT2D eigenvalue weighted by atomic mass is 32.1. The molecule has 3 fully saturated rings. The van der Waals surface area contributed by atoms with Gasteiger partial charge in [-0.05, 0) is 43.6 Å². The van der Waals surface area contributed by atoms with Crippen molar-refractivity contribution in [2.24, 2.45) is 0 Å². The van der Waals surface area contributed by atoms with Crippen molar-refractivity contribution in [2.75, 3.05) is 11.4 Å². The molecule has 4 unspecified atom stereocenters. The second-order valence-electron chi connectivity index (χ2n) is 6.91. The summed E-state index contributed by atoms with van der Waals surface area (Å²) in [6.45, 7) is 0.868. The number of amides is 1. The minimum atomic E-state index is -0.137. The average molecular weight is 344 g/mol. The van der Waals surface area contributed by atoms with Gasteiger partial charge < -0.3 is 15.0 Å². The number of hydrogen-bond acceptors (Lipinski definition) is 6. The van der Waals surface area contributed by atoms with Crippen molar-refractivity contribution in [1.29, 1.82) is 0 Å². The van der Waals surface area contributed by atoms with Crippen LogP contribution >= 0.6 is 11.3 Å². The summed E-state index contributed by atoms with van der Waals surface area (Å²) in [5.74, 6) is 1.01. The summed E-state index contributed by atoms with van der Waals surface area (Å²) in [6.07, 6.45) is 7.25. The third-order valence-corrected chi connectivity index (χ3v) is 6.32. The molecule has 3 saturated heterocycles. The number of rotatable bonds is 3. The number of thiophene rings is 1. The van der Waals surface area contributed by atoms with E-state index in [0.29, 0.717) is 6.10 Å². The van der Waals surface area contributed by atoms with Crippen molar-refractivity contribution in [2.45, 2.75) is 56.4 Å². The van der Waals surface area contributed by atoms with Crippen LogP contribution in [0.15, 0.2) is 17.8 Å². The molecule has 5 rings (SSSR count). The van der Waals surface area contributed by atoms with E-state index < -0.39 is 0 Å². The van der Waals surface area contributed by atoms with Crippen LogP contribution in [0.25, 0.3) is 10.2 Å². The third kappa shape index (κ3) is 2.29. The largest absolute Gasteiger partial charge is 0.373 e. The fourth-order valence-electron chi connectivity index (χ4n) is 4.37. The van der Waals surface area contributed by atoms with Crippen LogP contribution < -0.4 is 10.2 Å². The third-order valence-electron chi connectivity index (χ3n) is 5.50. The molecular formula is C17H20N4O2S. The molecule has 1 amide bonds. The Morgan fingerprint density at radius 2 is 2.29 bits per heavy atom. The highest BCUT2D eigenvalue weighted by Gasteiger charge is 2.43. The maximum atomic E-state index is 12.9. The normalized spacial score (nSPS) is 31.9. The van der Waals surface area contributed by atoms with Crippen LogP contribution in [0, 0.1) is 0 Å². The van der Waals surface area contributed by atoms with Crippen molar-refractivity contribution in [3.63, 3.8) is 0 Å². The van der Waals surface area contributed by atoms with E-state index >= 15 is 0 Å². The zero-order valence-electron chi connectivity index (χ0n) is 13.4. The summed E-state index contributed by atoms with van der Waals surface area (Å²) in [4.78, 5) is 24.8. The van der Waals surface area contributed by atoms with Crippen molar-refractivity contribution >= 4 is 33.3 Å². The Kier molecular flexibility index (Phi) is 3.45. The van der Waals surface area contributed by atoms with Crippen LogP contribution in [-0.2, 0) is 9.53 Å². The van der Waals surface area contributed by atoms with Gasteiger partial charge in [-0.25, -0.2) is 9.97 Å². The van der Waals surface area contributed by atoms with Gasteiger partial charge in [-0.1, -0.05) is 0 Å². The van der Waals surface area contributed by atoms with E-state index in [1.54, 1.807) is 17.7 Å². The molecule has 24 heavy (non-hydrogen) atoms. The number of hydrogen-bond donors (Lipinski definition) is 1. The summed E-state index contributed by atoms with van der Waals surface area (Å²) in [5, 5.41) is 6.32. The highest BCUT2D eigenvalue weighted by molar-refractivity contribution is 7.16. The van der Waals surface area contributed by atoms with E-state index in [9.17, 15) is 4.79 Å². The molecule has 126 valence electrons. The number of nitrogens with one attached hydrogen (secondary N) is 1. The van der Waals surface area contributed by atoms with Crippen LogP contribution in [0.2, 0.25) is 0 Å². The Morgan fingerprint density at radius 3 is 3.12 bits per heavy atom. The van der Waals surface area contributed by atoms with Gasteiger partial charge in [-0.2, -0.15) is 0 Å². The number of carbonyl (C=O) groups excluding carboxylic acids is 1. The fraction of sp³-hybridized carbons (Fsp3) is 0.588. The van der Waals surface area contributed by atoms with E-state index in [1.807, 2.05) is 11.4 Å². The summed E-state index contributed by atoms with van der Waals surface area (Å²) in [6, 6.07) is 2.10. The molecule has 0 spiro atoms. The van der Waals surface area contributed by atoms with Crippen LogP contribution in [0.1, 0.15) is 32.1 Å². The molecule has 0 aromatic carbocycles. The van der Waals surface area contributed by atoms with Crippen molar-refractivity contribution < 1.29 is 9.53 Å². The monoisotopic (exact) mass is 344 g/mol. The highest BCUT2D eigenvalue weighted by Crippen LogP contribution is 2.35. The first-order valence-electron chi connectivity index (χ1n) is 8.70. The van der Waals surface area contributed by atoms with Crippen LogP contribution in [0.5, 0.6) is 0 Å². The number of carbonyl (C=O) groups is 1. The molecule has 2 aromatic heterocycles. The summed E-state index contributed by atoms with van der Waals surface area (Å²) < 4.78 is 5.86. The predicted octanol–water partition coefficient (Wildman–Crippen LogP) is 2.10. The van der Waals surface area contributed by atoms with Crippen LogP contribution in [0.3, 0.4) is 0 Å². The summed E-state index contributed by atoms with van der Waals surface area (Å²) in [5.41, 5.74) is 0. The lowest BCUT2D eigenvalue weighted by Crippen LogP contribution is -2.50. The summed E-state index contributed by atoms with van der Waals surface area (Å²) >= 11 is 1.61. The smallest absolute Gasteiger partial charge is 0.243 e. The Morgan fingerprint density at radius 1 is 1.33 bits per heavy atom. The molecule has 2 bridgehead atoms. The van der Waals surface area contributed by atoms with E-state index in [0.717, 1.165) is 54.7 Å². The zero-order chi connectivity index (χ0) is 16.1. The molecule has 3 aliphatic rings. The van der Waals surface area contributed by atoms with Crippen LogP contribution in [-0.4, -0.2) is 46.7 Å². The minimum absolute atomic E-state index is 0.121. The number of fused-ring (bicyclic) bond motifs is 3. The minimum Gasteiger partial charge on any atom is -0.373 e. The molecule has 2 aromatic rings. The first-order valence-corrected chi connectivity index (χ1v) is 9.58. The molecule has 0 radical (unpaired) electrons. The van der Waals surface area contributed by atoms with Gasteiger partial charge in [-0.15, -0.1) is 11.3 Å². The molecule has 6 nitrogen and oxygen atoms in total. The lowest BCUT2D eigenvalue weighted by Gasteiger charge is -2.28. The second kappa shape index (κ2) is 5.67. The quantitative estimate of drug-likeness (QED) is 0.923. The summed E-state index contributed by atoms with van der Waals surface area (Å²) in [7, 11) is 0. The van der Waals surface area contributed by atoms with Gasteiger partial charge in [0, 0.05) is 6.54 Å².